The van der Waals surface area contributed by atoms with Crippen molar-refractivity contribution in [3.8, 4) is 0 Å². The predicted molar refractivity (Wildman–Crippen MR) is 65.3 cm³/mol. The number of hydrogen-bond acceptors (Lipinski definition) is 4. The van der Waals surface area contributed by atoms with Gasteiger partial charge in [-0.3, -0.25) is 0 Å². The van der Waals surface area contributed by atoms with E-state index in [1.165, 1.54) is 0 Å². The molecule has 16 heavy (non-hydrogen) atoms. The highest BCUT2D eigenvalue weighted by atomic mass is 28.3. The van der Waals surface area contributed by atoms with Gasteiger partial charge in [-0.2, -0.15) is 0 Å². The standard InChI is InChI=1S/C11H21NO3Si/c1-5-9(13)16(8(4)12,10(14)6-2)11(15)7-3/h8H,5-7,12H2,1-4H3. The molecule has 0 saturated carbocycles. The Balaban J connectivity index is 5.68. The Bertz CT molecular complexity index is 259. The van der Waals surface area contributed by atoms with Crippen molar-refractivity contribution in [3.63, 3.8) is 0 Å². The summed E-state index contributed by atoms with van der Waals surface area (Å²) in [5.74, 6) is 0. The third kappa shape index (κ3) is 2.30. The maximum absolute atomic E-state index is 12.0. The number of nitrogens with two attached hydrogens (primary N) is 1. The second-order valence-corrected chi connectivity index (χ2v) is 8.13. The van der Waals surface area contributed by atoms with E-state index < -0.39 is 13.7 Å². The summed E-state index contributed by atoms with van der Waals surface area (Å²) in [4.78, 5) is 36.0. The zero-order valence-electron chi connectivity index (χ0n) is 10.5. The molecule has 0 bridgehead atoms. The molecule has 0 spiro atoms. The molecular formula is C11H21NO3Si. The van der Waals surface area contributed by atoms with Gasteiger partial charge < -0.3 is 20.1 Å². The molecule has 0 amide bonds. The van der Waals surface area contributed by atoms with Gasteiger partial charge in [0, 0.05) is 5.67 Å². The van der Waals surface area contributed by atoms with E-state index in [9.17, 15) is 14.4 Å². The molecule has 0 aliphatic rings. The first kappa shape index (κ1) is 15.2. The van der Waals surface area contributed by atoms with Crippen molar-refractivity contribution in [2.75, 3.05) is 0 Å². The normalized spacial score (nSPS) is 13.3. The molecule has 5 heteroatoms. The number of carbonyl (C=O) groups is 3. The fraction of sp³-hybridized carbons (Fsp3) is 0.727. The average Bonchev–Trinajstić information content (AvgIpc) is 2.28. The summed E-state index contributed by atoms with van der Waals surface area (Å²) >= 11 is 0. The van der Waals surface area contributed by atoms with Crippen LogP contribution in [0.15, 0.2) is 0 Å². The number of rotatable bonds is 7. The molecule has 0 aliphatic heterocycles. The Morgan fingerprint density at radius 1 is 0.938 bits per heavy atom. The van der Waals surface area contributed by atoms with Gasteiger partial charge in [0.25, 0.3) is 8.07 Å². The van der Waals surface area contributed by atoms with Crippen LogP contribution in [0.25, 0.3) is 0 Å². The molecule has 0 radical (unpaired) electrons. The highest BCUT2D eigenvalue weighted by molar-refractivity contribution is 7.41. The first-order chi connectivity index (χ1) is 7.39. The lowest BCUT2D eigenvalue weighted by molar-refractivity contribution is -0.119. The minimum absolute atomic E-state index is 0.214. The van der Waals surface area contributed by atoms with Crippen LogP contribution in [0, 0.1) is 0 Å². The van der Waals surface area contributed by atoms with Crippen LogP contribution in [-0.2, 0) is 14.4 Å². The maximum Gasteiger partial charge on any atom is 0.294 e. The van der Waals surface area contributed by atoms with E-state index in [1.807, 2.05) is 0 Å². The highest BCUT2D eigenvalue weighted by Gasteiger charge is 2.55. The quantitative estimate of drug-likeness (QED) is 0.673. The average molecular weight is 243 g/mol. The van der Waals surface area contributed by atoms with Crippen molar-refractivity contribution in [2.45, 2.75) is 52.6 Å². The van der Waals surface area contributed by atoms with Crippen LogP contribution < -0.4 is 5.73 Å². The van der Waals surface area contributed by atoms with Crippen LogP contribution in [0.1, 0.15) is 47.0 Å². The van der Waals surface area contributed by atoms with E-state index in [4.69, 9.17) is 5.73 Å². The second kappa shape index (κ2) is 6.05. The highest BCUT2D eigenvalue weighted by Crippen LogP contribution is 2.17. The number of carbonyl (C=O) groups excluding carboxylic acids is 3. The van der Waals surface area contributed by atoms with Crippen LogP contribution in [0.2, 0.25) is 0 Å². The Morgan fingerprint density at radius 3 is 1.31 bits per heavy atom. The molecule has 1 unspecified atom stereocenters. The molecule has 0 aromatic rings. The third-order valence-electron chi connectivity index (χ3n) is 2.97. The Morgan fingerprint density at radius 2 is 1.19 bits per heavy atom. The van der Waals surface area contributed by atoms with E-state index in [0.29, 0.717) is 0 Å². The lowest BCUT2D eigenvalue weighted by Gasteiger charge is -2.29. The first-order valence-electron chi connectivity index (χ1n) is 5.74. The van der Waals surface area contributed by atoms with Gasteiger partial charge in [-0.15, -0.1) is 0 Å². The molecule has 0 aromatic carbocycles. The molecule has 0 rings (SSSR count). The van der Waals surface area contributed by atoms with Crippen LogP contribution in [-0.4, -0.2) is 30.0 Å². The van der Waals surface area contributed by atoms with Crippen LogP contribution in [0.4, 0.5) is 0 Å². The summed E-state index contributed by atoms with van der Waals surface area (Å²) in [7, 11) is -3.32. The van der Waals surface area contributed by atoms with Crippen molar-refractivity contribution in [3.05, 3.63) is 0 Å². The molecule has 2 N–H and O–H groups in total. The minimum atomic E-state index is -3.32. The van der Waals surface area contributed by atoms with E-state index >= 15 is 0 Å². The van der Waals surface area contributed by atoms with Crippen LogP contribution in [0.3, 0.4) is 0 Å². The Kier molecular flexibility index (Phi) is 5.75. The van der Waals surface area contributed by atoms with Crippen molar-refractivity contribution < 1.29 is 14.4 Å². The molecule has 92 valence electrons. The lowest BCUT2D eigenvalue weighted by Crippen LogP contribution is -2.69. The van der Waals surface area contributed by atoms with Gasteiger partial charge in [-0.05, 0) is 19.3 Å². The second-order valence-electron chi connectivity index (χ2n) is 3.93. The molecule has 0 heterocycles. The topological polar surface area (TPSA) is 77.2 Å². The summed E-state index contributed by atoms with van der Waals surface area (Å²) in [6.45, 7) is 6.65. The summed E-state index contributed by atoms with van der Waals surface area (Å²) in [5.41, 5.74) is 5.18. The third-order valence-corrected chi connectivity index (χ3v) is 8.03. The maximum atomic E-state index is 12.0. The van der Waals surface area contributed by atoms with Crippen molar-refractivity contribution in [1.82, 2.24) is 0 Å². The minimum Gasteiger partial charge on any atom is -0.329 e. The molecule has 0 aromatic heterocycles. The van der Waals surface area contributed by atoms with Gasteiger partial charge in [-0.25, -0.2) is 0 Å². The van der Waals surface area contributed by atoms with E-state index in [2.05, 4.69) is 0 Å². The fourth-order valence-corrected chi connectivity index (χ4v) is 6.19. The molecule has 0 saturated heterocycles. The lowest BCUT2D eigenvalue weighted by atomic mass is 10.5. The van der Waals surface area contributed by atoms with Gasteiger partial charge in [0.05, 0.1) is 0 Å². The largest absolute Gasteiger partial charge is 0.329 e. The first-order valence-corrected chi connectivity index (χ1v) is 7.82. The van der Waals surface area contributed by atoms with Crippen molar-refractivity contribution in [2.24, 2.45) is 5.73 Å². The van der Waals surface area contributed by atoms with Crippen molar-refractivity contribution >= 4 is 24.3 Å². The summed E-state index contributed by atoms with van der Waals surface area (Å²) in [5, 5.41) is -0.663. The zero-order valence-corrected chi connectivity index (χ0v) is 11.5. The summed E-state index contributed by atoms with van der Waals surface area (Å²) < 4.78 is 0. The monoisotopic (exact) mass is 243 g/mol. The SMILES string of the molecule is CCC(=O)[Si](C(=O)CC)(C(=O)CC)C(C)N. The van der Waals surface area contributed by atoms with Gasteiger partial charge in [0.1, 0.15) is 16.2 Å². The smallest absolute Gasteiger partial charge is 0.294 e. The number of hydrogen-bond donors (Lipinski definition) is 1. The van der Waals surface area contributed by atoms with Crippen molar-refractivity contribution in [1.29, 1.82) is 0 Å². The van der Waals surface area contributed by atoms with E-state index in [-0.39, 0.29) is 35.5 Å². The molecular weight excluding hydrogens is 222 g/mol. The van der Waals surface area contributed by atoms with Crippen LogP contribution >= 0.6 is 0 Å². The van der Waals surface area contributed by atoms with Gasteiger partial charge in [0.15, 0.2) is 0 Å². The predicted octanol–water partition coefficient (Wildman–Crippen LogP) is 0.876. The summed E-state index contributed by atoms with van der Waals surface area (Å²) in [6.07, 6.45) is 0.641. The Hall–Kier alpha value is -0.813. The van der Waals surface area contributed by atoms with Gasteiger partial charge in [0.2, 0.25) is 0 Å². The molecule has 0 aliphatic carbocycles. The van der Waals surface area contributed by atoms with Gasteiger partial charge in [-0.1, -0.05) is 27.7 Å². The Labute approximate surface area is 97.6 Å². The van der Waals surface area contributed by atoms with E-state index in [0.717, 1.165) is 0 Å². The summed E-state index contributed by atoms with van der Waals surface area (Å²) in [6, 6.07) is 0. The van der Waals surface area contributed by atoms with Crippen LogP contribution in [0.5, 0.6) is 0 Å². The zero-order chi connectivity index (χ0) is 12.9. The van der Waals surface area contributed by atoms with E-state index in [1.54, 1.807) is 27.7 Å². The molecule has 0 fully saturated rings. The molecule has 1 atom stereocenters. The fourth-order valence-electron chi connectivity index (χ4n) is 2.06. The van der Waals surface area contributed by atoms with Gasteiger partial charge >= 0.3 is 0 Å². The molecule has 4 nitrogen and oxygen atoms in total.